The molecule has 1 aromatic carbocycles. The number of rotatable bonds is 7. The molecule has 0 radical (unpaired) electrons. The molecule has 0 aromatic heterocycles. The molecule has 1 fully saturated rings. The third-order valence-electron chi connectivity index (χ3n) is 4.32. The van der Waals surface area contributed by atoms with Gasteiger partial charge in [-0.15, -0.1) is 0 Å². The molecule has 0 bridgehead atoms. The molecular formula is C18H23FN2O4. The zero-order chi connectivity index (χ0) is 18.2. The SMILES string of the molecule is O=C(O)CCCCC(=O)N1CCN(C(=O)Cc2ccccc2F)CC1. The number of nitrogens with zero attached hydrogens (tertiary/aromatic N) is 2. The van der Waals surface area contributed by atoms with Crippen LogP contribution in [0.5, 0.6) is 0 Å². The van der Waals surface area contributed by atoms with Crippen molar-refractivity contribution in [3.63, 3.8) is 0 Å². The van der Waals surface area contributed by atoms with Crippen LogP contribution in [0.4, 0.5) is 4.39 Å². The number of carbonyl (C=O) groups excluding carboxylic acids is 2. The molecule has 0 spiro atoms. The topological polar surface area (TPSA) is 77.9 Å². The number of aliphatic carboxylic acids is 1. The number of carbonyl (C=O) groups is 3. The molecule has 1 aliphatic rings. The molecule has 1 saturated heterocycles. The maximum Gasteiger partial charge on any atom is 0.303 e. The third-order valence-corrected chi connectivity index (χ3v) is 4.32. The van der Waals surface area contributed by atoms with Crippen molar-refractivity contribution in [3.8, 4) is 0 Å². The number of hydrogen-bond donors (Lipinski definition) is 1. The standard InChI is InChI=1S/C18H23FN2O4/c19-15-6-2-1-5-14(15)13-17(23)21-11-9-20(10-12-21)16(22)7-3-4-8-18(24)25/h1-2,5-6H,3-4,7-13H2,(H,24,25). The molecule has 0 aliphatic carbocycles. The predicted molar refractivity (Wildman–Crippen MR) is 89.4 cm³/mol. The third kappa shape index (κ3) is 5.85. The number of hydrogen-bond acceptors (Lipinski definition) is 3. The summed E-state index contributed by atoms with van der Waals surface area (Å²) in [5.74, 6) is -1.38. The second kappa shape index (κ2) is 9.15. The molecular weight excluding hydrogens is 327 g/mol. The van der Waals surface area contributed by atoms with Crippen molar-refractivity contribution >= 4 is 17.8 Å². The molecule has 136 valence electrons. The fourth-order valence-electron chi connectivity index (χ4n) is 2.83. The van der Waals surface area contributed by atoms with Crippen LogP contribution in [0.3, 0.4) is 0 Å². The van der Waals surface area contributed by atoms with Crippen molar-refractivity contribution in [1.29, 1.82) is 0 Å². The Morgan fingerprint density at radius 3 is 2.08 bits per heavy atom. The summed E-state index contributed by atoms with van der Waals surface area (Å²) in [7, 11) is 0. The van der Waals surface area contributed by atoms with E-state index >= 15 is 0 Å². The Kier molecular flexibility index (Phi) is 6.91. The van der Waals surface area contributed by atoms with Crippen molar-refractivity contribution < 1.29 is 23.9 Å². The summed E-state index contributed by atoms with van der Waals surface area (Å²) in [6, 6.07) is 6.23. The minimum Gasteiger partial charge on any atom is -0.481 e. The molecule has 2 rings (SSSR count). The van der Waals surface area contributed by atoms with E-state index in [1.807, 2.05) is 0 Å². The Labute approximate surface area is 146 Å². The monoisotopic (exact) mass is 350 g/mol. The maximum absolute atomic E-state index is 13.6. The number of halogens is 1. The van der Waals surface area contributed by atoms with Crippen LogP contribution < -0.4 is 0 Å². The van der Waals surface area contributed by atoms with Gasteiger partial charge in [-0.05, 0) is 24.5 Å². The molecule has 2 amide bonds. The number of piperazine rings is 1. The van der Waals surface area contributed by atoms with Gasteiger partial charge in [0.05, 0.1) is 6.42 Å². The first kappa shape index (κ1) is 18.9. The highest BCUT2D eigenvalue weighted by Crippen LogP contribution is 2.12. The van der Waals surface area contributed by atoms with E-state index in [2.05, 4.69) is 0 Å². The largest absolute Gasteiger partial charge is 0.481 e. The van der Waals surface area contributed by atoms with E-state index in [4.69, 9.17) is 5.11 Å². The van der Waals surface area contributed by atoms with Crippen molar-refractivity contribution in [2.75, 3.05) is 26.2 Å². The lowest BCUT2D eigenvalue weighted by Gasteiger charge is -2.35. The Morgan fingerprint density at radius 2 is 1.48 bits per heavy atom. The molecule has 1 aliphatic heterocycles. The molecule has 1 heterocycles. The van der Waals surface area contributed by atoms with Crippen molar-refractivity contribution in [3.05, 3.63) is 35.6 Å². The van der Waals surface area contributed by atoms with Gasteiger partial charge in [-0.25, -0.2) is 4.39 Å². The Bertz CT molecular complexity index is 627. The first-order chi connectivity index (χ1) is 12.0. The zero-order valence-electron chi connectivity index (χ0n) is 14.1. The van der Waals surface area contributed by atoms with Gasteiger partial charge in [0.1, 0.15) is 5.82 Å². The fourth-order valence-corrected chi connectivity index (χ4v) is 2.83. The van der Waals surface area contributed by atoms with E-state index in [1.165, 1.54) is 6.07 Å². The van der Waals surface area contributed by atoms with Gasteiger partial charge in [-0.1, -0.05) is 18.2 Å². The number of unbranched alkanes of at least 4 members (excludes halogenated alkanes) is 1. The van der Waals surface area contributed by atoms with Gasteiger partial charge in [0, 0.05) is 39.0 Å². The van der Waals surface area contributed by atoms with Gasteiger partial charge in [0.2, 0.25) is 11.8 Å². The highest BCUT2D eigenvalue weighted by Gasteiger charge is 2.24. The second-order valence-corrected chi connectivity index (χ2v) is 6.13. The van der Waals surface area contributed by atoms with E-state index < -0.39 is 5.97 Å². The molecule has 1 N–H and O–H groups in total. The van der Waals surface area contributed by atoms with E-state index in [1.54, 1.807) is 28.0 Å². The Balaban J connectivity index is 1.73. The van der Waals surface area contributed by atoms with Gasteiger partial charge in [0.15, 0.2) is 0 Å². The van der Waals surface area contributed by atoms with E-state index in [0.717, 1.165) is 0 Å². The summed E-state index contributed by atoms with van der Waals surface area (Å²) in [6.07, 6.45) is 1.47. The van der Waals surface area contributed by atoms with Crippen LogP contribution in [0.1, 0.15) is 31.2 Å². The summed E-state index contributed by atoms with van der Waals surface area (Å²) >= 11 is 0. The molecule has 7 heteroatoms. The molecule has 25 heavy (non-hydrogen) atoms. The minimum absolute atomic E-state index is 0.00779. The van der Waals surface area contributed by atoms with Crippen LogP contribution in [0.2, 0.25) is 0 Å². The highest BCUT2D eigenvalue weighted by molar-refractivity contribution is 5.80. The van der Waals surface area contributed by atoms with E-state index in [-0.39, 0.29) is 30.5 Å². The summed E-state index contributed by atoms with van der Waals surface area (Å²) in [4.78, 5) is 38.1. The number of benzene rings is 1. The van der Waals surface area contributed by atoms with Crippen molar-refractivity contribution in [2.24, 2.45) is 0 Å². The number of carboxylic acid groups (broad SMARTS) is 1. The summed E-state index contributed by atoms with van der Waals surface area (Å²) < 4.78 is 13.6. The lowest BCUT2D eigenvalue weighted by Crippen LogP contribution is -2.51. The molecule has 1 aromatic rings. The molecule has 6 nitrogen and oxygen atoms in total. The lowest BCUT2D eigenvalue weighted by molar-refractivity contribution is -0.139. The smallest absolute Gasteiger partial charge is 0.303 e. The normalized spacial score (nSPS) is 14.4. The Morgan fingerprint density at radius 1 is 0.920 bits per heavy atom. The maximum atomic E-state index is 13.6. The summed E-state index contributed by atoms with van der Waals surface area (Å²) in [5.41, 5.74) is 0.379. The van der Waals surface area contributed by atoms with Crippen molar-refractivity contribution in [1.82, 2.24) is 9.80 Å². The van der Waals surface area contributed by atoms with Gasteiger partial charge in [0.25, 0.3) is 0 Å². The average molecular weight is 350 g/mol. The van der Waals surface area contributed by atoms with Crippen LogP contribution >= 0.6 is 0 Å². The Hall–Kier alpha value is -2.44. The van der Waals surface area contributed by atoms with Gasteiger partial charge in [-0.2, -0.15) is 0 Å². The van der Waals surface area contributed by atoms with E-state index in [0.29, 0.717) is 51.0 Å². The molecule has 0 unspecified atom stereocenters. The quantitative estimate of drug-likeness (QED) is 0.759. The van der Waals surface area contributed by atoms with Crippen LogP contribution in [-0.2, 0) is 20.8 Å². The van der Waals surface area contributed by atoms with E-state index in [9.17, 15) is 18.8 Å². The highest BCUT2D eigenvalue weighted by atomic mass is 19.1. The molecule has 0 saturated carbocycles. The van der Waals surface area contributed by atoms with Gasteiger partial charge >= 0.3 is 5.97 Å². The minimum atomic E-state index is -0.852. The van der Waals surface area contributed by atoms with Gasteiger partial charge < -0.3 is 14.9 Å². The predicted octanol–water partition coefficient (Wildman–Crippen LogP) is 1.68. The summed E-state index contributed by atoms with van der Waals surface area (Å²) in [6.45, 7) is 1.80. The first-order valence-corrected chi connectivity index (χ1v) is 8.48. The van der Waals surface area contributed by atoms with Crippen LogP contribution in [0.15, 0.2) is 24.3 Å². The second-order valence-electron chi connectivity index (χ2n) is 6.13. The van der Waals surface area contributed by atoms with Crippen LogP contribution in [-0.4, -0.2) is 58.9 Å². The zero-order valence-corrected chi connectivity index (χ0v) is 14.1. The first-order valence-electron chi connectivity index (χ1n) is 8.48. The average Bonchev–Trinajstić information content (AvgIpc) is 2.60. The fraction of sp³-hybridized carbons (Fsp3) is 0.500. The van der Waals surface area contributed by atoms with Crippen molar-refractivity contribution in [2.45, 2.75) is 32.1 Å². The summed E-state index contributed by atoms with van der Waals surface area (Å²) in [5, 5.41) is 8.58. The van der Waals surface area contributed by atoms with Crippen LogP contribution in [0, 0.1) is 5.82 Å². The lowest BCUT2D eigenvalue weighted by atomic mass is 10.1. The van der Waals surface area contributed by atoms with Crippen LogP contribution in [0.25, 0.3) is 0 Å². The van der Waals surface area contributed by atoms with Gasteiger partial charge in [-0.3, -0.25) is 14.4 Å². The number of carboxylic acids is 1. The number of amides is 2. The molecule has 0 atom stereocenters.